The van der Waals surface area contributed by atoms with Crippen LogP contribution in [0.5, 0.6) is 0 Å². The molecule has 0 fully saturated rings. The van der Waals surface area contributed by atoms with Crippen LogP contribution in [0, 0.1) is 5.82 Å². The van der Waals surface area contributed by atoms with Gasteiger partial charge in [-0.05, 0) is 41.5 Å². The first-order valence-corrected chi connectivity index (χ1v) is 8.26. The lowest BCUT2D eigenvalue weighted by Gasteiger charge is -2.08. The van der Waals surface area contributed by atoms with Crippen LogP contribution in [0.15, 0.2) is 67.0 Å². The molecule has 6 nitrogen and oxygen atoms in total. The second-order valence-electron chi connectivity index (χ2n) is 5.99. The lowest BCUT2D eigenvalue weighted by atomic mass is 10.1. The van der Waals surface area contributed by atoms with Gasteiger partial charge < -0.3 is 10.4 Å². The third kappa shape index (κ3) is 3.35. The van der Waals surface area contributed by atoms with E-state index in [9.17, 15) is 14.3 Å². The van der Waals surface area contributed by atoms with Crippen LogP contribution < -0.4 is 5.32 Å². The molecule has 7 heteroatoms. The van der Waals surface area contributed by atoms with Crippen LogP contribution in [0.2, 0.25) is 0 Å². The molecular formula is C20H15FN4O2. The number of carboxylic acid groups (broad SMARTS) is 1. The minimum atomic E-state index is -0.983. The number of halogens is 1. The first-order chi connectivity index (χ1) is 13.1. The van der Waals surface area contributed by atoms with Crippen molar-refractivity contribution >= 4 is 17.4 Å². The van der Waals surface area contributed by atoms with Crippen molar-refractivity contribution in [2.45, 2.75) is 6.54 Å². The normalized spacial score (nSPS) is 10.9. The number of nitrogens with zero attached hydrogens (tertiary/aromatic N) is 3. The average Bonchev–Trinajstić information content (AvgIpc) is 3.12. The molecule has 0 unspecified atom stereocenters. The molecule has 2 N–H and O–H groups in total. The summed E-state index contributed by atoms with van der Waals surface area (Å²) in [7, 11) is 0. The smallest absolute Gasteiger partial charge is 0.335 e. The minimum Gasteiger partial charge on any atom is -0.478 e. The van der Waals surface area contributed by atoms with Gasteiger partial charge in [-0.25, -0.2) is 14.2 Å². The van der Waals surface area contributed by atoms with Crippen molar-refractivity contribution in [3.8, 4) is 11.1 Å². The fraction of sp³-hybridized carbons (Fsp3) is 0.0500. The molecule has 0 spiro atoms. The highest BCUT2D eigenvalue weighted by atomic mass is 19.1. The fourth-order valence-corrected chi connectivity index (χ4v) is 2.84. The van der Waals surface area contributed by atoms with Gasteiger partial charge in [-0.15, -0.1) is 0 Å². The number of nitrogens with one attached hydrogen (secondary N) is 1. The Bertz CT molecular complexity index is 1120. The Kier molecular flexibility index (Phi) is 4.25. The second kappa shape index (κ2) is 6.87. The van der Waals surface area contributed by atoms with Gasteiger partial charge in [-0.3, -0.25) is 0 Å². The van der Waals surface area contributed by atoms with Crippen molar-refractivity contribution in [1.29, 1.82) is 0 Å². The lowest BCUT2D eigenvalue weighted by molar-refractivity contribution is 0.0697. The van der Waals surface area contributed by atoms with E-state index in [1.807, 2.05) is 6.07 Å². The standard InChI is InChI=1S/C20H15FN4O2/c21-16-6-4-13(5-7-16)11-23-18-8-9-22-19-17(12-24-25(18)19)14-2-1-3-15(10-14)20(26)27/h1-10,12,23H,11H2,(H,26,27). The van der Waals surface area contributed by atoms with E-state index in [0.717, 1.165) is 22.5 Å². The first kappa shape index (κ1) is 16.7. The number of anilines is 1. The number of fused-ring (bicyclic) bond motifs is 1. The summed E-state index contributed by atoms with van der Waals surface area (Å²) in [6.45, 7) is 0.503. The van der Waals surface area contributed by atoms with Crippen LogP contribution in [0.25, 0.3) is 16.8 Å². The number of aromatic nitrogens is 3. The van der Waals surface area contributed by atoms with Crippen LogP contribution >= 0.6 is 0 Å². The summed E-state index contributed by atoms with van der Waals surface area (Å²) >= 11 is 0. The molecule has 0 aliphatic carbocycles. The maximum absolute atomic E-state index is 13.0. The Morgan fingerprint density at radius 1 is 1.15 bits per heavy atom. The first-order valence-electron chi connectivity index (χ1n) is 8.26. The van der Waals surface area contributed by atoms with Gasteiger partial charge in [0.25, 0.3) is 0 Å². The van der Waals surface area contributed by atoms with Gasteiger partial charge in [0.05, 0.1) is 11.8 Å². The van der Waals surface area contributed by atoms with Gasteiger partial charge in [0.2, 0.25) is 0 Å². The monoisotopic (exact) mass is 362 g/mol. The highest BCUT2D eigenvalue weighted by molar-refractivity contribution is 5.90. The summed E-state index contributed by atoms with van der Waals surface area (Å²) < 4.78 is 14.7. The maximum Gasteiger partial charge on any atom is 0.335 e. The number of carboxylic acids is 1. The molecule has 0 saturated carbocycles. The van der Waals surface area contributed by atoms with Gasteiger partial charge in [-0.1, -0.05) is 24.3 Å². The quantitative estimate of drug-likeness (QED) is 0.564. The van der Waals surface area contributed by atoms with Gasteiger partial charge in [0, 0.05) is 18.3 Å². The Labute approximate surface area is 153 Å². The van der Waals surface area contributed by atoms with E-state index in [1.54, 1.807) is 53.3 Å². The largest absolute Gasteiger partial charge is 0.478 e. The molecule has 2 aromatic carbocycles. The molecule has 0 aliphatic rings. The minimum absolute atomic E-state index is 0.206. The lowest BCUT2D eigenvalue weighted by Crippen LogP contribution is -2.05. The van der Waals surface area contributed by atoms with Gasteiger partial charge in [-0.2, -0.15) is 9.61 Å². The predicted molar refractivity (Wildman–Crippen MR) is 99.1 cm³/mol. The van der Waals surface area contributed by atoms with Crippen LogP contribution in [0.3, 0.4) is 0 Å². The Balaban J connectivity index is 1.66. The Hall–Kier alpha value is -3.74. The van der Waals surface area contributed by atoms with E-state index in [4.69, 9.17) is 0 Å². The fourth-order valence-electron chi connectivity index (χ4n) is 2.84. The molecule has 0 radical (unpaired) electrons. The van der Waals surface area contributed by atoms with Crippen molar-refractivity contribution in [3.05, 3.63) is 83.9 Å². The molecule has 2 heterocycles. The summed E-state index contributed by atoms with van der Waals surface area (Å²) in [5, 5.41) is 16.8. The highest BCUT2D eigenvalue weighted by Gasteiger charge is 2.12. The topological polar surface area (TPSA) is 79.5 Å². The SMILES string of the molecule is O=C(O)c1cccc(-c2cnn3c(NCc4ccc(F)cc4)ccnc23)c1. The van der Waals surface area contributed by atoms with Gasteiger partial charge >= 0.3 is 5.97 Å². The number of benzene rings is 2. The molecule has 0 aliphatic heterocycles. The number of hydrogen-bond acceptors (Lipinski definition) is 4. The molecule has 2 aromatic heterocycles. The van der Waals surface area contributed by atoms with Crippen LogP contribution in [0.4, 0.5) is 10.2 Å². The zero-order valence-corrected chi connectivity index (χ0v) is 14.1. The Morgan fingerprint density at radius 3 is 2.74 bits per heavy atom. The van der Waals surface area contributed by atoms with E-state index in [-0.39, 0.29) is 11.4 Å². The predicted octanol–water partition coefficient (Wildman–Crippen LogP) is 3.85. The van der Waals surface area contributed by atoms with Crippen LogP contribution in [0.1, 0.15) is 15.9 Å². The van der Waals surface area contributed by atoms with Crippen molar-refractivity contribution in [2.24, 2.45) is 0 Å². The van der Waals surface area contributed by atoms with Crippen molar-refractivity contribution in [2.75, 3.05) is 5.32 Å². The van der Waals surface area contributed by atoms with Crippen molar-refractivity contribution in [3.63, 3.8) is 0 Å². The summed E-state index contributed by atoms with van der Waals surface area (Å²) in [5.41, 5.74) is 3.22. The number of aromatic carboxylic acids is 1. The van der Waals surface area contributed by atoms with Crippen LogP contribution in [-0.4, -0.2) is 25.7 Å². The third-order valence-corrected chi connectivity index (χ3v) is 4.21. The average molecular weight is 362 g/mol. The molecule has 0 saturated heterocycles. The molecule has 0 bridgehead atoms. The zero-order valence-electron chi connectivity index (χ0n) is 14.1. The zero-order chi connectivity index (χ0) is 18.8. The molecule has 4 aromatic rings. The molecule has 4 rings (SSSR count). The third-order valence-electron chi connectivity index (χ3n) is 4.21. The van der Waals surface area contributed by atoms with Crippen molar-refractivity contribution < 1.29 is 14.3 Å². The highest BCUT2D eigenvalue weighted by Crippen LogP contribution is 2.26. The summed E-state index contributed by atoms with van der Waals surface area (Å²) in [6.07, 6.45) is 3.32. The van der Waals surface area contributed by atoms with E-state index < -0.39 is 5.97 Å². The van der Waals surface area contributed by atoms with E-state index >= 15 is 0 Å². The summed E-state index contributed by atoms with van der Waals surface area (Å²) in [6, 6.07) is 14.7. The van der Waals surface area contributed by atoms with Crippen LogP contribution in [-0.2, 0) is 6.54 Å². The van der Waals surface area contributed by atoms with E-state index in [2.05, 4.69) is 15.4 Å². The molecular weight excluding hydrogens is 347 g/mol. The number of rotatable bonds is 5. The summed E-state index contributed by atoms with van der Waals surface area (Å²) in [5.74, 6) is -0.529. The number of hydrogen-bond donors (Lipinski definition) is 2. The van der Waals surface area contributed by atoms with Gasteiger partial charge in [0.1, 0.15) is 11.6 Å². The molecule has 134 valence electrons. The van der Waals surface area contributed by atoms with Gasteiger partial charge in [0.15, 0.2) is 5.65 Å². The van der Waals surface area contributed by atoms with E-state index in [1.165, 1.54) is 12.1 Å². The maximum atomic E-state index is 13.0. The second-order valence-corrected chi connectivity index (χ2v) is 5.99. The Morgan fingerprint density at radius 2 is 1.96 bits per heavy atom. The molecule has 27 heavy (non-hydrogen) atoms. The van der Waals surface area contributed by atoms with E-state index in [0.29, 0.717) is 12.2 Å². The molecule has 0 amide bonds. The van der Waals surface area contributed by atoms with Crippen molar-refractivity contribution in [1.82, 2.24) is 14.6 Å². The molecule has 0 atom stereocenters. The summed E-state index contributed by atoms with van der Waals surface area (Å²) in [4.78, 5) is 15.6. The number of carbonyl (C=O) groups is 1.